The number of carbonyl (C=O) groups excluding carboxylic acids is 3. The molecule has 2 aromatic rings. The van der Waals surface area contributed by atoms with Crippen LogP contribution in [0.3, 0.4) is 0 Å². The van der Waals surface area contributed by atoms with Crippen LogP contribution in [0.25, 0.3) is 0 Å². The molecule has 3 rings (SSSR count). The van der Waals surface area contributed by atoms with Crippen LogP contribution in [0.4, 0.5) is 33.3 Å². The van der Waals surface area contributed by atoms with E-state index in [0.717, 1.165) is 12.1 Å². The van der Waals surface area contributed by atoms with Crippen molar-refractivity contribution in [1.29, 1.82) is 0 Å². The van der Waals surface area contributed by atoms with Crippen LogP contribution in [-0.4, -0.2) is 67.6 Å². The van der Waals surface area contributed by atoms with Crippen molar-refractivity contribution in [3.8, 4) is 0 Å². The molecule has 40 heavy (non-hydrogen) atoms. The average molecular weight is 590 g/mol. The second-order valence-corrected chi connectivity index (χ2v) is 9.83. The van der Waals surface area contributed by atoms with Gasteiger partial charge in [-0.3, -0.25) is 19.3 Å². The van der Waals surface area contributed by atoms with E-state index in [-0.39, 0.29) is 36.9 Å². The average Bonchev–Trinajstić information content (AvgIpc) is 2.88. The standard InChI is InChI=1S/C26H29ClF5N5O3/c1-15-14-37(10-9-36(15)8-7-26(30,31)32)21-11-18(27)4-6-20(21)35-25(40)19-5-3-17(23(28)24(19)29)12-34-22(39)13-33-16(2)38/h3-6,11,15H,7-10,12-14H2,1-2H3,(H,33,38)(H,34,39)(H,35,40)/t15-/m1/s1. The molecule has 0 saturated carbocycles. The summed E-state index contributed by atoms with van der Waals surface area (Å²) in [6.45, 7) is 3.26. The fourth-order valence-electron chi connectivity index (χ4n) is 4.24. The van der Waals surface area contributed by atoms with Crippen molar-refractivity contribution in [2.24, 2.45) is 0 Å². The predicted octanol–water partition coefficient (Wildman–Crippen LogP) is 4.09. The summed E-state index contributed by atoms with van der Waals surface area (Å²) in [6.07, 6.45) is -5.17. The molecule has 1 saturated heterocycles. The Balaban J connectivity index is 1.70. The van der Waals surface area contributed by atoms with Gasteiger partial charge in [0.05, 0.1) is 29.9 Å². The van der Waals surface area contributed by atoms with E-state index >= 15 is 0 Å². The van der Waals surface area contributed by atoms with Crippen LogP contribution < -0.4 is 20.9 Å². The summed E-state index contributed by atoms with van der Waals surface area (Å²) in [5, 5.41) is 7.54. The molecule has 218 valence electrons. The van der Waals surface area contributed by atoms with Gasteiger partial charge in [0, 0.05) is 56.3 Å². The van der Waals surface area contributed by atoms with Crippen LogP contribution in [-0.2, 0) is 16.1 Å². The molecular formula is C26H29ClF5N5O3. The third-order valence-corrected chi connectivity index (χ3v) is 6.61. The van der Waals surface area contributed by atoms with Crippen LogP contribution in [0.1, 0.15) is 36.2 Å². The smallest absolute Gasteiger partial charge is 0.367 e. The topological polar surface area (TPSA) is 93.8 Å². The van der Waals surface area contributed by atoms with Gasteiger partial charge < -0.3 is 20.9 Å². The molecule has 0 radical (unpaired) electrons. The number of rotatable bonds is 9. The van der Waals surface area contributed by atoms with Gasteiger partial charge in [0.25, 0.3) is 5.91 Å². The first kappa shape index (κ1) is 31.1. The van der Waals surface area contributed by atoms with Gasteiger partial charge in [-0.25, -0.2) is 8.78 Å². The minimum absolute atomic E-state index is 0.128. The summed E-state index contributed by atoms with van der Waals surface area (Å²) in [6, 6.07) is 6.61. The van der Waals surface area contributed by atoms with Gasteiger partial charge in [-0.1, -0.05) is 17.7 Å². The number of alkyl halides is 3. The molecule has 0 bridgehead atoms. The zero-order valence-corrected chi connectivity index (χ0v) is 22.6. The van der Waals surface area contributed by atoms with Crippen LogP contribution in [0.15, 0.2) is 30.3 Å². The lowest BCUT2D eigenvalue weighted by molar-refractivity contribution is -0.139. The van der Waals surface area contributed by atoms with Crippen LogP contribution in [0.2, 0.25) is 5.02 Å². The molecule has 0 spiro atoms. The first-order chi connectivity index (χ1) is 18.7. The van der Waals surface area contributed by atoms with E-state index in [1.54, 1.807) is 17.9 Å². The molecule has 1 atom stereocenters. The number of hydrogen-bond donors (Lipinski definition) is 3. The SMILES string of the molecule is CC(=O)NCC(=O)NCc1ccc(C(=O)Nc2ccc(Cl)cc2N2CCN(CCC(F)(F)F)[C@H](C)C2)c(F)c1F. The summed E-state index contributed by atoms with van der Waals surface area (Å²) >= 11 is 6.17. The van der Waals surface area contributed by atoms with Gasteiger partial charge in [0.15, 0.2) is 11.6 Å². The van der Waals surface area contributed by atoms with Crippen molar-refractivity contribution >= 4 is 40.7 Å². The molecule has 1 heterocycles. The Bertz CT molecular complexity index is 1260. The molecule has 1 fully saturated rings. The van der Waals surface area contributed by atoms with Crippen molar-refractivity contribution in [2.45, 2.75) is 39.0 Å². The Morgan fingerprint density at radius 1 is 1.05 bits per heavy atom. The second kappa shape index (κ2) is 13.3. The van der Waals surface area contributed by atoms with Crippen molar-refractivity contribution in [3.63, 3.8) is 0 Å². The quantitative estimate of drug-likeness (QED) is 0.383. The van der Waals surface area contributed by atoms with E-state index in [1.807, 2.05) is 4.90 Å². The molecule has 1 aliphatic rings. The zero-order chi connectivity index (χ0) is 29.6. The highest BCUT2D eigenvalue weighted by Gasteiger charge is 2.31. The Morgan fingerprint density at radius 2 is 1.77 bits per heavy atom. The first-order valence-electron chi connectivity index (χ1n) is 12.4. The first-order valence-corrected chi connectivity index (χ1v) is 12.8. The lowest BCUT2D eigenvalue weighted by atomic mass is 10.1. The summed E-state index contributed by atoms with van der Waals surface area (Å²) in [7, 11) is 0. The number of piperazine rings is 1. The molecule has 8 nitrogen and oxygen atoms in total. The lowest BCUT2D eigenvalue weighted by Crippen LogP contribution is -2.52. The van der Waals surface area contributed by atoms with Gasteiger partial charge in [0.1, 0.15) is 0 Å². The van der Waals surface area contributed by atoms with Crippen molar-refractivity contribution in [2.75, 3.05) is 42.9 Å². The minimum atomic E-state index is -4.25. The maximum absolute atomic E-state index is 14.8. The van der Waals surface area contributed by atoms with E-state index in [1.165, 1.54) is 19.1 Å². The van der Waals surface area contributed by atoms with Gasteiger partial charge in [-0.2, -0.15) is 13.2 Å². The number of halogens is 6. The Labute approximate surface area is 232 Å². The molecule has 0 aliphatic carbocycles. The predicted molar refractivity (Wildman–Crippen MR) is 140 cm³/mol. The number of nitrogens with zero attached hydrogens (tertiary/aromatic N) is 2. The monoisotopic (exact) mass is 589 g/mol. The number of hydrogen-bond acceptors (Lipinski definition) is 5. The van der Waals surface area contributed by atoms with Gasteiger partial charge >= 0.3 is 6.18 Å². The Kier molecular flexibility index (Phi) is 10.3. The number of anilines is 2. The maximum Gasteiger partial charge on any atom is 0.390 e. The summed E-state index contributed by atoms with van der Waals surface area (Å²) in [4.78, 5) is 39.1. The highest BCUT2D eigenvalue weighted by molar-refractivity contribution is 6.31. The van der Waals surface area contributed by atoms with Crippen LogP contribution >= 0.6 is 11.6 Å². The number of benzene rings is 2. The molecule has 2 aromatic carbocycles. The molecular weight excluding hydrogens is 561 g/mol. The number of carbonyl (C=O) groups is 3. The largest absolute Gasteiger partial charge is 0.390 e. The summed E-state index contributed by atoms with van der Waals surface area (Å²) < 4.78 is 67.5. The lowest BCUT2D eigenvalue weighted by Gasteiger charge is -2.41. The van der Waals surface area contributed by atoms with Gasteiger partial charge in [0.2, 0.25) is 11.8 Å². The number of amides is 3. The van der Waals surface area contributed by atoms with E-state index in [4.69, 9.17) is 11.6 Å². The molecule has 1 aliphatic heterocycles. The minimum Gasteiger partial charge on any atom is -0.367 e. The molecule has 14 heteroatoms. The second-order valence-electron chi connectivity index (χ2n) is 9.40. The number of nitrogens with one attached hydrogen (secondary N) is 3. The fourth-order valence-corrected chi connectivity index (χ4v) is 4.41. The van der Waals surface area contributed by atoms with Gasteiger partial charge in [-0.05, 0) is 31.2 Å². The Hall–Kier alpha value is -3.45. The highest BCUT2D eigenvalue weighted by atomic mass is 35.5. The molecule has 3 N–H and O–H groups in total. The van der Waals surface area contributed by atoms with Crippen LogP contribution in [0.5, 0.6) is 0 Å². The van der Waals surface area contributed by atoms with E-state index in [9.17, 15) is 36.3 Å². The summed E-state index contributed by atoms with van der Waals surface area (Å²) in [5.74, 6) is -4.69. The normalized spacial score (nSPS) is 16.0. The third-order valence-electron chi connectivity index (χ3n) is 6.38. The summed E-state index contributed by atoms with van der Waals surface area (Å²) in [5.41, 5.74) is -0.0196. The third kappa shape index (κ3) is 8.52. The molecule has 0 unspecified atom stereocenters. The van der Waals surface area contributed by atoms with Crippen molar-refractivity contribution in [3.05, 3.63) is 58.1 Å². The van der Waals surface area contributed by atoms with Gasteiger partial charge in [-0.15, -0.1) is 0 Å². The van der Waals surface area contributed by atoms with Crippen LogP contribution in [0, 0.1) is 11.6 Å². The fraction of sp³-hybridized carbons (Fsp3) is 0.423. The van der Waals surface area contributed by atoms with Crippen molar-refractivity contribution < 1.29 is 36.3 Å². The Morgan fingerprint density at radius 3 is 2.42 bits per heavy atom. The van der Waals surface area contributed by atoms with E-state index < -0.39 is 47.5 Å². The van der Waals surface area contributed by atoms with Crippen molar-refractivity contribution in [1.82, 2.24) is 15.5 Å². The van der Waals surface area contributed by atoms with E-state index in [2.05, 4.69) is 16.0 Å². The van der Waals surface area contributed by atoms with E-state index in [0.29, 0.717) is 30.3 Å². The molecule has 3 amide bonds. The maximum atomic E-state index is 14.8. The molecule has 0 aromatic heterocycles. The highest BCUT2D eigenvalue weighted by Crippen LogP contribution is 2.32. The zero-order valence-electron chi connectivity index (χ0n) is 21.8.